The predicted octanol–water partition coefficient (Wildman–Crippen LogP) is 7.62. The molecule has 1 unspecified atom stereocenters. The summed E-state index contributed by atoms with van der Waals surface area (Å²) in [6, 6.07) is 23.1. The lowest BCUT2D eigenvalue weighted by Crippen LogP contribution is -2.18. The molecule has 0 saturated carbocycles. The van der Waals surface area contributed by atoms with E-state index in [0.29, 0.717) is 0 Å². The highest BCUT2D eigenvalue weighted by molar-refractivity contribution is 7.98. The van der Waals surface area contributed by atoms with E-state index >= 15 is 0 Å². The number of thioether (sulfide) groups is 1. The molecule has 4 nitrogen and oxygen atoms in total. The van der Waals surface area contributed by atoms with Gasteiger partial charge in [-0.2, -0.15) is 0 Å². The van der Waals surface area contributed by atoms with Gasteiger partial charge in [-0.05, 0) is 66.6 Å². The molecule has 1 saturated heterocycles. The number of nitrogens with zero attached hydrogens (tertiary/aromatic N) is 1. The zero-order valence-corrected chi connectivity index (χ0v) is 19.9. The van der Waals surface area contributed by atoms with E-state index in [0.717, 1.165) is 70.2 Å². The third-order valence-electron chi connectivity index (χ3n) is 6.43. The molecular formula is C29H26N2O2S. The number of aromatic nitrogens is 1. The highest BCUT2D eigenvalue weighted by Crippen LogP contribution is 2.37. The minimum atomic E-state index is 0.231. The summed E-state index contributed by atoms with van der Waals surface area (Å²) in [4.78, 5) is 6.26. The number of furan rings is 1. The summed E-state index contributed by atoms with van der Waals surface area (Å²) in [6.07, 6.45) is 8.84. The van der Waals surface area contributed by atoms with Gasteiger partial charge in [0.25, 0.3) is 0 Å². The predicted molar refractivity (Wildman–Crippen MR) is 144 cm³/mol. The average molecular weight is 467 g/mol. The molecule has 0 radical (unpaired) electrons. The Labute approximate surface area is 203 Å². The van der Waals surface area contributed by atoms with E-state index < -0.39 is 0 Å². The molecule has 1 N–H and O–H groups in total. The highest BCUT2D eigenvalue weighted by atomic mass is 32.2. The Morgan fingerprint density at radius 2 is 1.82 bits per heavy atom. The van der Waals surface area contributed by atoms with E-state index in [9.17, 15) is 0 Å². The zero-order chi connectivity index (χ0) is 22.9. The molecule has 1 fully saturated rings. The van der Waals surface area contributed by atoms with Crippen molar-refractivity contribution in [3.05, 3.63) is 77.9 Å². The normalized spacial score (nSPS) is 16.3. The maximum Gasteiger partial charge on any atom is 0.177 e. The number of benzene rings is 3. The molecule has 0 bridgehead atoms. The summed E-state index contributed by atoms with van der Waals surface area (Å²) in [7, 11) is 0. The average Bonchev–Trinajstić information content (AvgIpc) is 3.53. The monoisotopic (exact) mass is 466 g/mol. The number of fused-ring (bicyclic) bond motifs is 4. The third kappa shape index (κ3) is 4.06. The number of hydrogen-bond donors (Lipinski definition) is 1. The van der Waals surface area contributed by atoms with Gasteiger partial charge in [-0.1, -0.05) is 42.5 Å². The Hall–Kier alpha value is -3.28. The summed E-state index contributed by atoms with van der Waals surface area (Å²) in [5.41, 5.74) is 6.81. The first-order valence-electron chi connectivity index (χ1n) is 11.7. The lowest BCUT2D eigenvalue weighted by Gasteiger charge is -2.14. The Bertz CT molecular complexity index is 1500. The van der Waals surface area contributed by atoms with Crippen molar-refractivity contribution < 1.29 is 9.15 Å². The second-order valence-corrected chi connectivity index (χ2v) is 9.54. The van der Waals surface area contributed by atoms with Crippen LogP contribution in [0.4, 0.5) is 5.69 Å². The van der Waals surface area contributed by atoms with Crippen LogP contribution in [0.15, 0.2) is 76.0 Å². The SMILES string of the molecule is CSc1ccc(/C=C/c2ccc3nc4c(oc5ccccc54)c(NCC4CCCO4)c3c2)cc1. The minimum Gasteiger partial charge on any atom is -0.452 e. The van der Waals surface area contributed by atoms with Gasteiger partial charge in [0.2, 0.25) is 0 Å². The number of rotatable bonds is 6. The van der Waals surface area contributed by atoms with Crippen LogP contribution in [0.3, 0.4) is 0 Å². The van der Waals surface area contributed by atoms with Gasteiger partial charge in [-0.15, -0.1) is 11.8 Å². The summed E-state index contributed by atoms with van der Waals surface area (Å²) in [5, 5.41) is 5.76. The van der Waals surface area contributed by atoms with Crippen LogP contribution in [0.2, 0.25) is 0 Å². The van der Waals surface area contributed by atoms with E-state index in [2.05, 4.69) is 72.3 Å². The number of para-hydroxylation sites is 1. The molecule has 6 rings (SSSR count). The summed E-state index contributed by atoms with van der Waals surface area (Å²) in [6.45, 7) is 1.60. The molecule has 0 amide bonds. The Morgan fingerprint density at radius 1 is 1.00 bits per heavy atom. The summed E-state index contributed by atoms with van der Waals surface area (Å²) < 4.78 is 12.2. The van der Waals surface area contributed by atoms with Gasteiger partial charge < -0.3 is 14.5 Å². The molecule has 1 atom stereocenters. The minimum absolute atomic E-state index is 0.231. The molecule has 1 aliphatic heterocycles. The van der Waals surface area contributed by atoms with Crippen molar-refractivity contribution in [1.82, 2.24) is 4.98 Å². The number of hydrogen-bond acceptors (Lipinski definition) is 5. The first-order valence-corrected chi connectivity index (χ1v) is 12.9. The van der Waals surface area contributed by atoms with Crippen LogP contribution < -0.4 is 5.32 Å². The van der Waals surface area contributed by atoms with E-state index in [1.807, 2.05) is 18.2 Å². The number of anilines is 1. The maximum atomic E-state index is 6.31. The fourth-order valence-corrected chi connectivity index (χ4v) is 5.02. The standard InChI is InChI=1S/C29H26N2O2S/c1-34-22-13-10-19(11-14-22)8-9-20-12-15-25-24(17-20)27(30-18-21-5-4-16-32-21)29-28(31-25)23-6-2-3-7-26(23)33-29/h2-3,6-15,17,21H,4-5,16,18H2,1H3,(H,30,31)/b9-8+. The van der Waals surface area contributed by atoms with Crippen molar-refractivity contribution in [1.29, 1.82) is 0 Å². The van der Waals surface area contributed by atoms with Gasteiger partial charge in [0.1, 0.15) is 11.1 Å². The lowest BCUT2D eigenvalue weighted by atomic mass is 10.1. The third-order valence-corrected chi connectivity index (χ3v) is 7.18. The van der Waals surface area contributed by atoms with Gasteiger partial charge in [-0.3, -0.25) is 0 Å². The molecule has 34 heavy (non-hydrogen) atoms. The van der Waals surface area contributed by atoms with E-state index in [-0.39, 0.29) is 6.10 Å². The van der Waals surface area contributed by atoms with Gasteiger partial charge >= 0.3 is 0 Å². The maximum absolute atomic E-state index is 6.31. The van der Waals surface area contributed by atoms with Crippen LogP contribution in [0.25, 0.3) is 45.1 Å². The van der Waals surface area contributed by atoms with Crippen LogP contribution in [-0.4, -0.2) is 30.5 Å². The summed E-state index contributed by atoms with van der Waals surface area (Å²) >= 11 is 1.76. The molecule has 5 aromatic rings. The van der Waals surface area contributed by atoms with Gasteiger partial charge in [0.15, 0.2) is 5.58 Å². The van der Waals surface area contributed by atoms with Gasteiger partial charge in [0, 0.05) is 28.8 Å². The lowest BCUT2D eigenvalue weighted by molar-refractivity contribution is 0.120. The molecule has 0 spiro atoms. The Kier molecular flexibility index (Phi) is 5.73. The van der Waals surface area contributed by atoms with E-state index in [1.54, 1.807) is 11.8 Å². The Morgan fingerprint density at radius 3 is 2.65 bits per heavy atom. The molecule has 170 valence electrons. The fourth-order valence-electron chi connectivity index (χ4n) is 4.61. The molecule has 3 aromatic carbocycles. The van der Waals surface area contributed by atoms with E-state index in [4.69, 9.17) is 14.1 Å². The van der Waals surface area contributed by atoms with Crippen LogP contribution in [0, 0.1) is 0 Å². The smallest absolute Gasteiger partial charge is 0.177 e. The van der Waals surface area contributed by atoms with Crippen molar-refractivity contribution in [3.63, 3.8) is 0 Å². The quantitative estimate of drug-likeness (QED) is 0.206. The van der Waals surface area contributed by atoms with Crippen molar-refractivity contribution in [3.8, 4) is 0 Å². The second kappa shape index (κ2) is 9.16. The molecular weight excluding hydrogens is 440 g/mol. The number of nitrogens with one attached hydrogen (secondary N) is 1. The summed E-state index contributed by atoms with van der Waals surface area (Å²) in [5.74, 6) is 0. The Balaban J connectivity index is 1.44. The largest absolute Gasteiger partial charge is 0.452 e. The van der Waals surface area contributed by atoms with Crippen LogP contribution >= 0.6 is 11.8 Å². The molecule has 2 aromatic heterocycles. The topological polar surface area (TPSA) is 47.3 Å². The van der Waals surface area contributed by atoms with Crippen LogP contribution in [0.1, 0.15) is 24.0 Å². The molecule has 0 aliphatic carbocycles. The molecule has 5 heteroatoms. The second-order valence-electron chi connectivity index (χ2n) is 8.66. The number of pyridine rings is 1. The zero-order valence-electron chi connectivity index (χ0n) is 19.1. The van der Waals surface area contributed by atoms with Crippen LogP contribution in [0.5, 0.6) is 0 Å². The van der Waals surface area contributed by atoms with Crippen molar-refractivity contribution >= 4 is 62.6 Å². The van der Waals surface area contributed by atoms with E-state index in [1.165, 1.54) is 10.5 Å². The van der Waals surface area contributed by atoms with Gasteiger partial charge in [0.05, 0.1) is 17.3 Å². The molecule has 1 aliphatic rings. The van der Waals surface area contributed by atoms with Crippen molar-refractivity contribution in [2.45, 2.75) is 23.8 Å². The van der Waals surface area contributed by atoms with Crippen molar-refractivity contribution in [2.75, 3.05) is 24.7 Å². The fraction of sp³-hybridized carbons (Fsp3) is 0.207. The first-order chi connectivity index (χ1) is 16.8. The number of ether oxygens (including phenoxy) is 1. The molecule has 3 heterocycles. The van der Waals surface area contributed by atoms with Gasteiger partial charge in [-0.25, -0.2) is 4.98 Å². The van der Waals surface area contributed by atoms with Crippen molar-refractivity contribution in [2.24, 2.45) is 0 Å². The highest BCUT2D eigenvalue weighted by Gasteiger charge is 2.19. The first kappa shape index (κ1) is 21.3. The van der Waals surface area contributed by atoms with Crippen LogP contribution in [-0.2, 0) is 4.74 Å².